The Morgan fingerprint density at radius 1 is 1.33 bits per heavy atom. The van der Waals surface area contributed by atoms with E-state index in [1.165, 1.54) is 0 Å². The van der Waals surface area contributed by atoms with Crippen LogP contribution >= 0.6 is 0 Å². The molecule has 0 aliphatic carbocycles. The number of unbranched alkanes of at least 4 members (excludes halogenated alkanes) is 2. The number of rotatable bonds is 8. The van der Waals surface area contributed by atoms with Crippen molar-refractivity contribution in [2.75, 3.05) is 19.7 Å². The number of aliphatic hydroxyl groups excluding tert-OH is 1. The summed E-state index contributed by atoms with van der Waals surface area (Å²) in [5, 5.41) is 11.8. The number of nitrogens with one attached hydrogen (secondary N) is 1. The topological polar surface area (TPSA) is 58.3 Å². The van der Waals surface area contributed by atoms with Crippen molar-refractivity contribution in [3.8, 4) is 0 Å². The van der Waals surface area contributed by atoms with Gasteiger partial charge in [0.15, 0.2) is 0 Å². The molecular formula is C9H22N2O. The highest BCUT2D eigenvalue weighted by atomic mass is 16.2. The van der Waals surface area contributed by atoms with Crippen LogP contribution in [0, 0.1) is 0 Å². The maximum absolute atomic E-state index is 8.51. The predicted molar refractivity (Wildman–Crippen MR) is 52.1 cm³/mol. The van der Waals surface area contributed by atoms with Gasteiger partial charge in [-0.3, -0.25) is 0 Å². The lowest BCUT2D eigenvalue weighted by Crippen LogP contribution is -2.33. The fourth-order valence-corrected chi connectivity index (χ4v) is 0.970. The molecule has 0 spiro atoms. The molecule has 1 atom stereocenters. The summed E-state index contributed by atoms with van der Waals surface area (Å²) in [4.78, 5) is 0. The van der Waals surface area contributed by atoms with Gasteiger partial charge in [-0.25, -0.2) is 0 Å². The van der Waals surface area contributed by atoms with E-state index in [0.29, 0.717) is 12.6 Å². The molecule has 4 N–H and O–H groups in total. The summed E-state index contributed by atoms with van der Waals surface area (Å²) in [6, 6.07) is 0.294. The van der Waals surface area contributed by atoms with E-state index in [4.69, 9.17) is 10.8 Å². The fourth-order valence-electron chi connectivity index (χ4n) is 0.970. The Morgan fingerprint density at radius 3 is 2.67 bits per heavy atom. The second-order valence-corrected chi connectivity index (χ2v) is 3.16. The summed E-state index contributed by atoms with van der Waals surface area (Å²) in [5.74, 6) is 0. The first-order valence-corrected chi connectivity index (χ1v) is 4.88. The molecule has 0 aromatic rings. The largest absolute Gasteiger partial charge is 0.396 e. The highest BCUT2D eigenvalue weighted by molar-refractivity contribution is 4.61. The lowest BCUT2D eigenvalue weighted by Gasteiger charge is -2.09. The van der Waals surface area contributed by atoms with Gasteiger partial charge in [-0.15, -0.1) is 0 Å². The van der Waals surface area contributed by atoms with Gasteiger partial charge in [0.2, 0.25) is 0 Å². The minimum Gasteiger partial charge on any atom is -0.396 e. The van der Waals surface area contributed by atoms with Gasteiger partial charge >= 0.3 is 0 Å². The predicted octanol–water partition coefficient (Wildman–Crippen LogP) is 0.476. The number of aliphatic hydroxyl groups is 1. The van der Waals surface area contributed by atoms with Crippen LogP contribution in [0.3, 0.4) is 0 Å². The van der Waals surface area contributed by atoms with E-state index in [-0.39, 0.29) is 0 Å². The minimum absolute atomic E-state index is 0.294. The summed E-state index contributed by atoms with van der Waals surface area (Å²) in [6.07, 6.45) is 4.19. The van der Waals surface area contributed by atoms with Crippen molar-refractivity contribution in [2.24, 2.45) is 5.73 Å². The maximum atomic E-state index is 8.51. The van der Waals surface area contributed by atoms with Crippen molar-refractivity contribution < 1.29 is 5.11 Å². The highest BCUT2D eigenvalue weighted by Crippen LogP contribution is 1.92. The van der Waals surface area contributed by atoms with Crippen molar-refractivity contribution >= 4 is 0 Å². The Morgan fingerprint density at radius 2 is 2.08 bits per heavy atom. The summed E-state index contributed by atoms with van der Waals surface area (Å²) in [5.41, 5.74) is 5.71. The minimum atomic E-state index is 0.294. The van der Waals surface area contributed by atoms with E-state index in [1.54, 1.807) is 0 Å². The molecule has 0 aromatic carbocycles. The normalized spacial score (nSPS) is 13.2. The van der Waals surface area contributed by atoms with E-state index in [0.717, 1.165) is 38.8 Å². The van der Waals surface area contributed by atoms with Gasteiger partial charge in [-0.2, -0.15) is 0 Å². The Labute approximate surface area is 75.3 Å². The molecule has 12 heavy (non-hydrogen) atoms. The van der Waals surface area contributed by atoms with E-state index in [1.807, 2.05) is 0 Å². The summed E-state index contributed by atoms with van der Waals surface area (Å²) in [7, 11) is 0. The quantitative estimate of drug-likeness (QED) is 0.469. The van der Waals surface area contributed by atoms with Gasteiger partial charge in [0, 0.05) is 19.2 Å². The van der Waals surface area contributed by atoms with Crippen LogP contribution in [-0.2, 0) is 0 Å². The highest BCUT2D eigenvalue weighted by Gasteiger charge is 1.96. The maximum Gasteiger partial charge on any atom is 0.0431 e. The zero-order valence-corrected chi connectivity index (χ0v) is 8.05. The first kappa shape index (κ1) is 11.9. The third-order valence-corrected chi connectivity index (χ3v) is 1.94. The summed E-state index contributed by atoms with van der Waals surface area (Å²) in [6.45, 7) is 4.34. The molecule has 0 aromatic heterocycles. The van der Waals surface area contributed by atoms with Crippen LogP contribution < -0.4 is 11.1 Å². The molecule has 0 aliphatic heterocycles. The van der Waals surface area contributed by atoms with Crippen LogP contribution in [0.4, 0.5) is 0 Å². The fraction of sp³-hybridized carbons (Fsp3) is 1.00. The second-order valence-electron chi connectivity index (χ2n) is 3.16. The molecule has 0 amide bonds. The number of hydrogen-bond donors (Lipinski definition) is 3. The molecule has 74 valence electrons. The molecule has 0 fully saturated rings. The first-order valence-electron chi connectivity index (χ1n) is 4.88. The lowest BCUT2D eigenvalue weighted by atomic mass is 10.2. The van der Waals surface area contributed by atoms with Crippen LogP contribution in [0.5, 0.6) is 0 Å². The van der Waals surface area contributed by atoms with E-state index >= 15 is 0 Å². The van der Waals surface area contributed by atoms with Crippen molar-refractivity contribution in [3.05, 3.63) is 0 Å². The zero-order valence-electron chi connectivity index (χ0n) is 8.05. The molecule has 3 heteroatoms. The summed E-state index contributed by atoms with van der Waals surface area (Å²) < 4.78 is 0. The van der Waals surface area contributed by atoms with Gasteiger partial charge in [0.1, 0.15) is 0 Å². The van der Waals surface area contributed by atoms with E-state index < -0.39 is 0 Å². The van der Waals surface area contributed by atoms with Gasteiger partial charge < -0.3 is 16.2 Å². The molecule has 0 saturated carbocycles. The zero-order chi connectivity index (χ0) is 9.23. The average molecular weight is 174 g/mol. The van der Waals surface area contributed by atoms with Crippen molar-refractivity contribution in [1.29, 1.82) is 0 Å². The van der Waals surface area contributed by atoms with Crippen LogP contribution in [0.25, 0.3) is 0 Å². The molecule has 0 rings (SSSR count). The Hall–Kier alpha value is -0.120. The van der Waals surface area contributed by atoms with Crippen LogP contribution in [-0.4, -0.2) is 30.8 Å². The molecule has 0 bridgehead atoms. The van der Waals surface area contributed by atoms with E-state index in [2.05, 4.69) is 12.2 Å². The van der Waals surface area contributed by atoms with E-state index in [9.17, 15) is 0 Å². The van der Waals surface area contributed by atoms with Gasteiger partial charge in [0.25, 0.3) is 0 Å². The number of hydrogen-bond acceptors (Lipinski definition) is 3. The van der Waals surface area contributed by atoms with Gasteiger partial charge in [0.05, 0.1) is 0 Å². The van der Waals surface area contributed by atoms with Crippen molar-refractivity contribution in [3.63, 3.8) is 0 Å². The standard InChI is InChI=1S/C9H22N2O/c1-2-9(10)8-11-6-4-3-5-7-12/h9,11-12H,2-8,10H2,1H3. The van der Waals surface area contributed by atoms with Crippen LogP contribution in [0.15, 0.2) is 0 Å². The molecular weight excluding hydrogens is 152 g/mol. The van der Waals surface area contributed by atoms with Gasteiger partial charge in [-0.1, -0.05) is 6.92 Å². The molecule has 0 aliphatic rings. The lowest BCUT2D eigenvalue weighted by molar-refractivity contribution is 0.282. The monoisotopic (exact) mass is 174 g/mol. The Kier molecular flexibility index (Phi) is 8.88. The number of nitrogens with two attached hydrogens (primary N) is 1. The summed E-state index contributed by atoms with van der Waals surface area (Å²) >= 11 is 0. The van der Waals surface area contributed by atoms with Crippen molar-refractivity contribution in [1.82, 2.24) is 5.32 Å². The molecule has 0 radical (unpaired) electrons. The van der Waals surface area contributed by atoms with Crippen LogP contribution in [0.2, 0.25) is 0 Å². The smallest absolute Gasteiger partial charge is 0.0431 e. The van der Waals surface area contributed by atoms with Crippen molar-refractivity contribution in [2.45, 2.75) is 38.6 Å². The van der Waals surface area contributed by atoms with Gasteiger partial charge in [-0.05, 0) is 32.2 Å². The molecule has 0 saturated heterocycles. The average Bonchev–Trinajstić information content (AvgIpc) is 2.10. The Bertz CT molecular complexity index is 88.6. The SMILES string of the molecule is CCC(N)CNCCCCCO. The molecule has 0 heterocycles. The third-order valence-electron chi connectivity index (χ3n) is 1.94. The second kappa shape index (κ2) is 8.97. The molecule has 3 nitrogen and oxygen atoms in total. The first-order chi connectivity index (χ1) is 5.81. The molecule has 1 unspecified atom stereocenters. The Balaban J connectivity index is 2.90. The van der Waals surface area contributed by atoms with Crippen LogP contribution in [0.1, 0.15) is 32.6 Å². The third kappa shape index (κ3) is 7.98.